The topological polar surface area (TPSA) is 49.8 Å². The molecule has 3 aliphatic heterocycles. The largest absolute Gasteiger partial charge is 0.481 e. The first kappa shape index (κ1) is 14.7. The standard InChI is InChI=1S/C15H25NO3S/c17-14(18)2-1-12-3-6-16(10-12)13-4-7-19-15(9-13)5-8-20-11-15/h12-13H,1-11H2,(H,17,18). The number of carboxylic acid groups (broad SMARTS) is 1. The van der Waals surface area contributed by atoms with Crippen LogP contribution < -0.4 is 0 Å². The first-order valence-electron chi connectivity index (χ1n) is 7.84. The van der Waals surface area contributed by atoms with Crippen molar-refractivity contribution in [3.05, 3.63) is 0 Å². The van der Waals surface area contributed by atoms with Crippen molar-refractivity contribution < 1.29 is 14.6 Å². The van der Waals surface area contributed by atoms with Crippen molar-refractivity contribution in [3.8, 4) is 0 Å². The predicted molar refractivity (Wildman–Crippen MR) is 80.2 cm³/mol. The summed E-state index contributed by atoms with van der Waals surface area (Å²) in [5.74, 6) is 2.34. The van der Waals surface area contributed by atoms with Crippen molar-refractivity contribution in [2.24, 2.45) is 5.92 Å². The van der Waals surface area contributed by atoms with Crippen molar-refractivity contribution in [3.63, 3.8) is 0 Å². The van der Waals surface area contributed by atoms with Gasteiger partial charge in [0.1, 0.15) is 0 Å². The summed E-state index contributed by atoms with van der Waals surface area (Å²) in [6.45, 7) is 3.15. The molecule has 3 fully saturated rings. The lowest BCUT2D eigenvalue weighted by molar-refractivity contribution is -0.137. The van der Waals surface area contributed by atoms with Gasteiger partial charge in [0.15, 0.2) is 0 Å². The highest BCUT2D eigenvalue weighted by Crippen LogP contribution is 2.40. The number of thioether (sulfide) groups is 1. The third kappa shape index (κ3) is 3.31. The predicted octanol–water partition coefficient (Wildman–Crippen LogP) is 2.23. The van der Waals surface area contributed by atoms with Gasteiger partial charge in [-0.3, -0.25) is 9.69 Å². The van der Waals surface area contributed by atoms with Crippen LogP contribution in [-0.2, 0) is 9.53 Å². The van der Waals surface area contributed by atoms with Crippen LogP contribution >= 0.6 is 11.8 Å². The fourth-order valence-corrected chi connectivity index (χ4v) is 5.31. The van der Waals surface area contributed by atoms with Crippen molar-refractivity contribution in [2.75, 3.05) is 31.2 Å². The zero-order valence-corrected chi connectivity index (χ0v) is 12.9. The highest BCUT2D eigenvalue weighted by Gasteiger charge is 2.43. The Balaban J connectivity index is 1.51. The minimum atomic E-state index is -0.656. The van der Waals surface area contributed by atoms with Crippen LogP contribution in [0.4, 0.5) is 0 Å². The third-order valence-electron chi connectivity index (χ3n) is 5.13. The highest BCUT2D eigenvalue weighted by atomic mass is 32.2. The van der Waals surface area contributed by atoms with Crippen LogP contribution in [0.25, 0.3) is 0 Å². The Morgan fingerprint density at radius 2 is 2.35 bits per heavy atom. The van der Waals surface area contributed by atoms with E-state index in [1.807, 2.05) is 11.8 Å². The van der Waals surface area contributed by atoms with Gasteiger partial charge in [-0.25, -0.2) is 0 Å². The van der Waals surface area contributed by atoms with Gasteiger partial charge in [0.25, 0.3) is 0 Å². The van der Waals surface area contributed by atoms with E-state index in [0.717, 1.165) is 32.5 Å². The second-order valence-corrected chi connectivity index (χ2v) is 7.67. The van der Waals surface area contributed by atoms with E-state index in [4.69, 9.17) is 9.84 Å². The van der Waals surface area contributed by atoms with Gasteiger partial charge in [-0.15, -0.1) is 0 Å². The van der Waals surface area contributed by atoms with Gasteiger partial charge in [-0.05, 0) is 50.3 Å². The molecule has 0 radical (unpaired) electrons. The molecule has 3 heterocycles. The quantitative estimate of drug-likeness (QED) is 0.862. The van der Waals surface area contributed by atoms with Crippen molar-refractivity contribution in [2.45, 2.75) is 50.2 Å². The van der Waals surface area contributed by atoms with Crippen LogP contribution in [0.5, 0.6) is 0 Å². The molecule has 20 heavy (non-hydrogen) atoms. The maximum Gasteiger partial charge on any atom is 0.303 e. The molecule has 3 aliphatic rings. The Kier molecular flexibility index (Phi) is 4.58. The molecule has 3 saturated heterocycles. The van der Waals surface area contributed by atoms with E-state index >= 15 is 0 Å². The number of hydrogen-bond acceptors (Lipinski definition) is 4. The van der Waals surface area contributed by atoms with E-state index in [-0.39, 0.29) is 5.60 Å². The Hall–Kier alpha value is -0.260. The molecule has 0 saturated carbocycles. The summed E-state index contributed by atoms with van der Waals surface area (Å²) in [5.41, 5.74) is 0.159. The average Bonchev–Trinajstić information content (AvgIpc) is 3.06. The van der Waals surface area contributed by atoms with Gasteiger partial charge in [0, 0.05) is 31.4 Å². The summed E-state index contributed by atoms with van der Waals surface area (Å²) >= 11 is 2.03. The minimum Gasteiger partial charge on any atom is -0.481 e. The van der Waals surface area contributed by atoms with Gasteiger partial charge >= 0.3 is 5.97 Å². The van der Waals surface area contributed by atoms with Gasteiger partial charge in [0.05, 0.1) is 5.60 Å². The second kappa shape index (κ2) is 6.24. The van der Waals surface area contributed by atoms with Crippen LogP contribution in [0, 0.1) is 5.92 Å². The maximum absolute atomic E-state index is 10.7. The summed E-state index contributed by atoms with van der Waals surface area (Å²) in [6, 6.07) is 0.664. The van der Waals surface area contributed by atoms with Crippen LogP contribution in [0.2, 0.25) is 0 Å². The Morgan fingerprint density at radius 3 is 3.10 bits per heavy atom. The minimum absolute atomic E-state index is 0.159. The van der Waals surface area contributed by atoms with E-state index < -0.39 is 5.97 Å². The summed E-state index contributed by atoms with van der Waals surface area (Å²) in [6.07, 6.45) is 5.89. The molecule has 1 N–H and O–H groups in total. The number of carboxylic acids is 1. The van der Waals surface area contributed by atoms with E-state index in [1.165, 1.54) is 30.8 Å². The molecule has 0 bridgehead atoms. The zero-order valence-electron chi connectivity index (χ0n) is 12.1. The Labute approximate surface area is 125 Å². The fraction of sp³-hybridized carbons (Fsp3) is 0.933. The zero-order chi connectivity index (χ0) is 14.0. The third-order valence-corrected chi connectivity index (χ3v) is 6.36. The normalized spacial score (nSPS) is 38.6. The molecule has 0 aliphatic carbocycles. The molecular weight excluding hydrogens is 274 g/mol. The smallest absolute Gasteiger partial charge is 0.303 e. The van der Waals surface area contributed by atoms with Crippen LogP contribution in [-0.4, -0.2) is 58.8 Å². The van der Waals surface area contributed by atoms with E-state index in [9.17, 15) is 4.79 Å². The lowest BCUT2D eigenvalue weighted by Gasteiger charge is -2.41. The average molecular weight is 299 g/mol. The van der Waals surface area contributed by atoms with Gasteiger partial charge in [-0.2, -0.15) is 11.8 Å². The molecule has 3 atom stereocenters. The van der Waals surface area contributed by atoms with Crippen LogP contribution in [0.3, 0.4) is 0 Å². The molecule has 114 valence electrons. The molecule has 0 aromatic heterocycles. The molecule has 0 aromatic rings. The number of likely N-dealkylation sites (tertiary alicyclic amines) is 1. The lowest BCUT2D eigenvalue weighted by Crippen LogP contribution is -2.48. The lowest BCUT2D eigenvalue weighted by atomic mass is 9.89. The molecule has 0 amide bonds. The molecule has 5 heteroatoms. The SMILES string of the molecule is O=C(O)CCC1CCN(C2CCOC3(CCSC3)C2)C1. The maximum atomic E-state index is 10.7. The second-order valence-electron chi connectivity index (χ2n) is 6.56. The highest BCUT2D eigenvalue weighted by molar-refractivity contribution is 7.99. The van der Waals surface area contributed by atoms with Gasteiger partial charge in [0.2, 0.25) is 0 Å². The van der Waals surface area contributed by atoms with Crippen LogP contribution in [0.15, 0.2) is 0 Å². The monoisotopic (exact) mass is 299 g/mol. The van der Waals surface area contributed by atoms with E-state index in [1.54, 1.807) is 0 Å². The number of carbonyl (C=O) groups is 1. The van der Waals surface area contributed by atoms with Crippen molar-refractivity contribution in [1.29, 1.82) is 0 Å². The molecule has 1 spiro atoms. The first-order valence-corrected chi connectivity index (χ1v) is 9.00. The van der Waals surface area contributed by atoms with E-state index in [2.05, 4.69) is 4.90 Å². The summed E-state index contributed by atoms with van der Waals surface area (Å²) < 4.78 is 6.10. The summed E-state index contributed by atoms with van der Waals surface area (Å²) in [5, 5.41) is 8.80. The van der Waals surface area contributed by atoms with E-state index in [0.29, 0.717) is 18.4 Å². The molecule has 4 nitrogen and oxygen atoms in total. The number of hydrogen-bond donors (Lipinski definition) is 1. The number of ether oxygens (including phenoxy) is 1. The number of aliphatic carboxylic acids is 1. The summed E-state index contributed by atoms with van der Waals surface area (Å²) in [7, 11) is 0. The van der Waals surface area contributed by atoms with Crippen molar-refractivity contribution >= 4 is 17.7 Å². The van der Waals surface area contributed by atoms with Gasteiger partial charge < -0.3 is 9.84 Å². The first-order chi connectivity index (χ1) is 9.67. The number of rotatable bonds is 4. The molecular formula is C15H25NO3S. The molecule has 3 rings (SSSR count). The van der Waals surface area contributed by atoms with Crippen molar-refractivity contribution in [1.82, 2.24) is 4.90 Å². The van der Waals surface area contributed by atoms with Gasteiger partial charge in [-0.1, -0.05) is 0 Å². The fourth-order valence-electron chi connectivity index (χ4n) is 3.93. The summed E-state index contributed by atoms with van der Waals surface area (Å²) in [4.78, 5) is 13.3. The molecule has 3 unspecified atom stereocenters. The Morgan fingerprint density at radius 1 is 1.45 bits per heavy atom. The number of nitrogens with zero attached hydrogens (tertiary/aromatic N) is 1. The Bertz CT molecular complexity index is 357. The molecule has 0 aromatic carbocycles. The van der Waals surface area contributed by atoms with Crippen LogP contribution in [0.1, 0.15) is 38.5 Å².